The summed E-state index contributed by atoms with van der Waals surface area (Å²) in [5, 5.41) is 0.987. The van der Waals surface area contributed by atoms with Crippen molar-refractivity contribution in [2.45, 2.75) is 6.42 Å². The van der Waals surface area contributed by atoms with Gasteiger partial charge in [0, 0.05) is 62.4 Å². The molecule has 0 atom stereocenters. The molecule has 0 amide bonds. The largest absolute Gasteiger partial charge is 0.354 e. The van der Waals surface area contributed by atoms with Gasteiger partial charge in [0.2, 0.25) is 0 Å². The van der Waals surface area contributed by atoms with Gasteiger partial charge in [-0.2, -0.15) is 0 Å². The number of carbonyl (C=O) groups excluding carboxylic acids is 1. The van der Waals surface area contributed by atoms with E-state index in [2.05, 4.69) is 26.8 Å². The monoisotopic (exact) mass is 413 g/mol. The van der Waals surface area contributed by atoms with E-state index in [-0.39, 0.29) is 5.78 Å². The summed E-state index contributed by atoms with van der Waals surface area (Å²) >= 11 is 0. The molecule has 5 rings (SSSR count). The van der Waals surface area contributed by atoms with Crippen molar-refractivity contribution in [3.63, 3.8) is 0 Å². The lowest BCUT2D eigenvalue weighted by Crippen LogP contribution is -2.45. The van der Waals surface area contributed by atoms with Crippen molar-refractivity contribution in [1.82, 2.24) is 24.2 Å². The van der Waals surface area contributed by atoms with Crippen LogP contribution in [0.3, 0.4) is 0 Å². The summed E-state index contributed by atoms with van der Waals surface area (Å²) in [7, 11) is 2.15. The number of nitrogens with zero attached hydrogens (tertiary/aromatic N) is 4. The Morgan fingerprint density at radius 3 is 2.71 bits per heavy atom. The van der Waals surface area contributed by atoms with Crippen LogP contribution in [0.25, 0.3) is 28.7 Å². The number of fused-ring (bicyclic) bond motifs is 2. The average molecular weight is 414 g/mol. The van der Waals surface area contributed by atoms with E-state index in [1.165, 1.54) is 0 Å². The Balaban J connectivity index is 1.40. The molecule has 4 aromatic rings. The van der Waals surface area contributed by atoms with E-state index >= 15 is 0 Å². The Labute approximate surface area is 181 Å². The number of rotatable bonds is 6. The number of likely N-dealkylation sites (N-methyl/N-ethyl adjacent to an activating group) is 1. The molecule has 0 spiro atoms. The summed E-state index contributed by atoms with van der Waals surface area (Å²) < 4.78 is 1.99. The van der Waals surface area contributed by atoms with Crippen molar-refractivity contribution in [2.24, 2.45) is 0 Å². The third kappa shape index (κ3) is 4.17. The minimum Gasteiger partial charge on any atom is -0.354 e. The summed E-state index contributed by atoms with van der Waals surface area (Å²) in [6.45, 7) is 4.99. The zero-order chi connectivity index (χ0) is 21.2. The number of pyridine rings is 1. The van der Waals surface area contributed by atoms with Crippen molar-refractivity contribution in [3.8, 4) is 0 Å². The minimum atomic E-state index is 0.186. The van der Waals surface area contributed by atoms with Gasteiger partial charge in [0.1, 0.15) is 5.65 Å². The Hall–Kier alpha value is -3.22. The van der Waals surface area contributed by atoms with Gasteiger partial charge in [0.05, 0.1) is 17.0 Å². The number of benzene rings is 1. The highest BCUT2D eigenvalue weighted by molar-refractivity contribution is 6.11. The van der Waals surface area contributed by atoms with Gasteiger partial charge >= 0.3 is 0 Å². The van der Waals surface area contributed by atoms with Crippen LogP contribution < -0.4 is 0 Å². The van der Waals surface area contributed by atoms with Crippen LogP contribution in [0.15, 0.2) is 54.9 Å². The smallest absolute Gasteiger partial charge is 0.166 e. The number of hydrogen-bond donors (Lipinski definition) is 1. The fraction of sp³-hybridized carbons (Fsp3) is 0.280. The van der Waals surface area contributed by atoms with Crippen molar-refractivity contribution in [1.29, 1.82) is 0 Å². The van der Waals surface area contributed by atoms with Gasteiger partial charge in [-0.3, -0.25) is 4.79 Å². The fourth-order valence-electron chi connectivity index (χ4n) is 4.25. The lowest BCUT2D eigenvalue weighted by Gasteiger charge is -2.32. The van der Waals surface area contributed by atoms with Gasteiger partial charge in [-0.1, -0.05) is 24.3 Å². The molecule has 3 aromatic heterocycles. The van der Waals surface area contributed by atoms with E-state index in [0.717, 1.165) is 66.2 Å². The lowest BCUT2D eigenvalue weighted by atomic mass is 10.0. The first-order valence-corrected chi connectivity index (χ1v) is 10.8. The molecule has 0 aliphatic carbocycles. The van der Waals surface area contributed by atoms with Gasteiger partial charge in [-0.25, -0.2) is 4.98 Å². The molecule has 0 radical (unpaired) electrons. The van der Waals surface area contributed by atoms with Gasteiger partial charge in [-0.05, 0) is 37.4 Å². The number of Topliss-reactive ketones (excluding diaryl/α,β-unsaturated/α-hetero) is 1. The maximum Gasteiger partial charge on any atom is 0.166 e. The molecule has 1 aliphatic rings. The number of piperazine rings is 1. The maximum absolute atomic E-state index is 13.3. The van der Waals surface area contributed by atoms with E-state index in [0.29, 0.717) is 6.42 Å². The molecule has 31 heavy (non-hydrogen) atoms. The first-order valence-electron chi connectivity index (χ1n) is 10.8. The van der Waals surface area contributed by atoms with Gasteiger partial charge < -0.3 is 19.2 Å². The van der Waals surface area contributed by atoms with Crippen LogP contribution in [0.5, 0.6) is 0 Å². The third-order valence-electron chi connectivity index (χ3n) is 6.07. The number of aromatic amines is 1. The summed E-state index contributed by atoms with van der Waals surface area (Å²) in [5.41, 5.74) is 4.38. The summed E-state index contributed by atoms with van der Waals surface area (Å²) in [6, 6.07) is 14.0. The number of carbonyl (C=O) groups is 1. The summed E-state index contributed by atoms with van der Waals surface area (Å²) in [4.78, 5) is 26.1. The Morgan fingerprint density at radius 2 is 1.87 bits per heavy atom. The molecule has 1 aliphatic heterocycles. The molecule has 6 nitrogen and oxygen atoms in total. The minimum absolute atomic E-state index is 0.186. The maximum atomic E-state index is 13.3. The molecule has 1 saturated heterocycles. The number of para-hydroxylation sites is 1. The number of imidazole rings is 1. The molecule has 1 N–H and O–H groups in total. The van der Waals surface area contributed by atoms with E-state index in [1.54, 1.807) is 0 Å². The van der Waals surface area contributed by atoms with Crippen LogP contribution in [0, 0.1) is 0 Å². The number of aromatic nitrogens is 3. The molecule has 0 unspecified atom stereocenters. The number of ketones is 1. The van der Waals surface area contributed by atoms with E-state index < -0.39 is 0 Å². The van der Waals surface area contributed by atoms with Crippen molar-refractivity contribution in [3.05, 3.63) is 71.8 Å². The first-order chi connectivity index (χ1) is 15.2. The molecule has 4 heterocycles. The molecular formula is C25H27N5O. The van der Waals surface area contributed by atoms with Crippen LogP contribution >= 0.6 is 0 Å². The highest BCUT2D eigenvalue weighted by Crippen LogP contribution is 2.25. The number of H-pyrrole nitrogens is 1. The second-order valence-corrected chi connectivity index (χ2v) is 8.24. The molecular weight excluding hydrogens is 386 g/mol. The molecule has 1 fully saturated rings. The van der Waals surface area contributed by atoms with Gasteiger partial charge in [0.25, 0.3) is 0 Å². The van der Waals surface area contributed by atoms with E-state index in [4.69, 9.17) is 0 Å². The zero-order valence-corrected chi connectivity index (χ0v) is 17.8. The standard InChI is InChI=1S/C25H27N5O/c1-28-14-16-29(17-15-28)13-11-23(31)25-20-6-2-3-7-21(20)27-22(25)10-9-19-18-30-12-5-4-8-24(30)26-19/h2-10,12,18,27H,11,13-17H2,1H3/b10-9+. The van der Waals surface area contributed by atoms with Gasteiger partial charge in [-0.15, -0.1) is 0 Å². The predicted molar refractivity (Wildman–Crippen MR) is 125 cm³/mol. The fourth-order valence-corrected chi connectivity index (χ4v) is 4.25. The molecule has 0 bridgehead atoms. The lowest BCUT2D eigenvalue weighted by molar-refractivity contribution is 0.0943. The highest BCUT2D eigenvalue weighted by Gasteiger charge is 2.19. The third-order valence-corrected chi connectivity index (χ3v) is 6.07. The van der Waals surface area contributed by atoms with Crippen LogP contribution in [0.2, 0.25) is 0 Å². The summed E-state index contributed by atoms with van der Waals surface area (Å²) in [5.74, 6) is 0.186. The van der Waals surface area contributed by atoms with Crippen LogP contribution in [0.1, 0.15) is 28.2 Å². The molecule has 0 saturated carbocycles. The van der Waals surface area contributed by atoms with Crippen molar-refractivity contribution >= 4 is 34.5 Å². The zero-order valence-electron chi connectivity index (χ0n) is 17.8. The van der Waals surface area contributed by atoms with Crippen LogP contribution in [0.4, 0.5) is 0 Å². The normalized spacial score (nSPS) is 16.0. The molecule has 1 aromatic carbocycles. The SMILES string of the molecule is CN1CCN(CCC(=O)c2c(/C=C/c3cn4ccccc4n3)[nH]c3ccccc23)CC1. The highest BCUT2D eigenvalue weighted by atomic mass is 16.1. The number of hydrogen-bond acceptors (Lipinski definition) is 4. The Bertz CT molecular complexity index is 1210. The van der Waals surface area contributed by atoms with Gasteiger partial charge in [0.15, 0.2) is 5.78 Å². The van der Waals surface area contributed by atoms with Crippen LogP contribution in [-0.2, 0) is 0 Å². The first kappa shape index (κ1) is 19.7. The van der Waals surface area contributed by atoms with Crippen molar-refractivity contribution < 1.29 is 4.79 Å². The summed E-state index contributed by atoms with van der Waals surface area (Å²) in [6.07, 6.45) is 8.44. The second kappa shape index (κ2) is 8.49. The number of nitrogens with one attached hydrogen (secondary N) is 1. The van der Waals surface area contributed by atoms with Crippen LogP contribution in [-0.4, -0.2) is 69.7 Å². The van der Waals surface area contributed by atoms with Crippen molar-refractivity contribution in [2.75, 3.05) is 39.8 Å². The molecule has 158 valence electrons. The predicted octanol–water partition coefficient (Wildman–Crippen LogP) is 3.81. The second-order valence-electron chi connectivity index (χ2n) is 8.24. The Kier molecular flexibility index (Phi) is 5.40. The average Bonchev–Trinajstić information content (AvgIpc) is 3.38. The molecule has 6 heteroatoms. The quantitative estimate of drug-likeness (QED) is 0.489. The Morgan fingerprint density at radius 1 is 1.06 bits per heavy atom. The van der Waals surface area contributed by atoms with E-state index in [1.807, 2.05) is 71.4 Å². The topological polar surface area (TPSA) is 56.6 Å². The van der Waals surface area contributed by atoms with E-state index in [9.17, 15) is 4.79 Å².